The van der Waals surface area contributed by atoms with E-state index < -0.39 is 0 Å². The Labute approximate surface area is 136 Å². The second-order valence-corrected chi connectivity index (χ2v) is 6.89. The van der Waals surface area contributed by atoms with Crippen LogP contribution in [-0.2, 0) is 12.3 Å². The molecule has 0 amide bonds. The Morgan fingerprint density at radius 2 is 2.10 bits per heavy atom. The first kappa shape index (κ1) is 16.2. The first-order valence-electron chi connectivity index (χ1n) is 7.20. The van der Waals surface area contributed by atoms with E-state index in [2.05, 4.69) is 60.2 Å². The molecule has 0 aliphatic rings. The van der Waals surface area contributed by atoms with E-state index >= 15 is 0 Å². The third-order valence-electron chi connectivity index (χ3n) is 3.63. The predicted octanol–water partition coefficient (Wildman–Crippen LogP) is 4.47. The Bertz CT molecular complexity index is 569. The number of thiophene rings is 1. The summed E-state index contributed by atoms with van der Waals surface area (Å²) in [6.07, 6.45) is 2.92. The third-order valence-corrected chi connectivity index (χ3v) is 4.78. The maximum absolute atomic E-state index is 6.09. The van der Waals surface area contributed by atoms with Crippen molar-refractivity contribution in [3.05, 3.63) is 40.1 Å². The lowest BCUT2D eigenvalue weighted by molar-refractivity contribution is 0.677. The van der Waals surface area contributed by atoms with Crippen molar-refractivity contribution in [1.82, 2.24) is 9.97 Å². The lowest BCUT2D eigenvalue weighted by atomic mass is 10.1. The molecule has 2 heterocycles. The van der Waals surface area contributed by atoms with E-state index in [1.165, 1.54) is 4.88 Å². The van der Waals surface area contributed by atoms with Crippen LogP contribution in [0.4, 0.5) is 5.69 Å². The topological polar surface area (TPSA) is 29.0 Å². The molecule has 2 aromatic rings. The Morgan fingerprint density at radius 3 is 2.67 bits per heavy atom. The number of alkyl halides is 1. The molecule has 2 rings (SSSR count). The fourth-order valence-electron chi connectivity index (χ4n) is 2.19. The molecular weight excluding hydrogens is 302 g/mol. The number of hydrogen-bond acceptors (Lipinski definition) is 4. The van der Waals surface area contributed by atoms with Gasteiger partial charge in [0.25, 0.3) is 0 Å². The van der Waals surface area contributed by atoms with E-state index in [9.17, 15) is 0 Å². The van der Waals surface area contributed by atoms with Crippen LogP contribution >= 0.6 is 22.9 Å². The van der Waals surface area contributed by atoms with E-state index in [-0.39, 0.29) is 0 Å². The Morgan fingerprint density at radius 1 is 1.33 bits per heavy atom. The normalized spacial score (nSPS) is 12.7. The minimum atomic E-state index is 0.315. The van der Waals surface area contributed by atoms with Crippen molar-refractivity contribution in [2.75, 3.05) is 11.9 Å². The molecule has 0 bridgehead atoms. The van der Waals surface area contributed by atoms with Crippen LogP contribution in [0, 0.1) is 0 Å². The summed E-state index contributed by atoms with van der Waals surface area (Å²) in [5, 5.41) is 2.12. The molecule has 114 valence electrons. The fourth-order valence-corrected chi connectivity index (χ4v) is 3.21. The van der Waals surface area contributed by atoms with Crippen molar-refractivity contribution >= 4 is 28.6 Å². The summed E-state index contributed by atoms with van der Waals surface area (Å²) in [5.74, 6) is 1.58. The van der Waals surface area contributed by atoms with E-state index in [0.29, 0.717) is 17.8 Å². The van der Waals surface area contributed by atoms with Crippen molar-refractivity contribution in [3.63, 3.8) is 0 Å². The molecule has 0 spiro atoms. The highest BCUT2D eigenvalue weighted by Gasteiger charge is 2.17. The highest BCUT2D eigenvalue weighted by molar-refractivity contribution is 7.09. The predicted molar refractivity (Wildman–Crippen MR) is 91.6 cm³/mol. The number of nitrogens with zero attached hydrogens (tertiary/aromatic N) is 3. The Kier molecular flexibility index (Phi) is 5.59. The number of halogens is 1. The molecule has 5 heteroatoms. The molecule has 0 saturated heterocycles. The summed E-state index contributed by atoms with van der Waals surface area (Å²) in [7, 11) is 2.09. The first-order chi connectivity index (χ1) is 10.0. The van der Waals surface area contributed by atoms with Gasteiger partial charge in [-0.25, -0.2) is 9.97 Å². The second kappa shape index (κ2) is 7.23. The lowest BCUT2D eigenvalue weighted by Crippen LogP contribution is -2.31. The molecule has 1 unspecified atom stereocenters. The highest BCUT2D eigenvalue weighted by Crippen LogP contribution is 2.24. The summed E-state index contributed by atoms with van der Waals surface area (Å²) < 4.78 is 0. The summed E-state index contributed by atoms with van der Waals surface area (Å²) in [5.41, 5.74) is 1.94. The van der Waals surface area contributed by atoms with Crippen LogP contribution in [0.15, 0.2) is 23.7 Å². The smallest absolute Gasteiger partial charge is 0.131 e. The number of likely N-dealkylation sites (N-methyl/N-ethyl adjacent to an activating group) is 1. The molecule has 2 aromatic heterocycles. The highest BCUT2D eigenvalue weighted by atomic mass is 35.5. The zero-order valence-electron chi connectivity index (χ0n) is 13.0. The van der Waals surface area contributed by atoms with Crippen LogP contribution in [0.25, 0.3) is 0 Å². The quantitative estimate of drug-likeness (QED) is 0.734. The van der Waals surface area contributed by atoms with Gasteiger partial charge in [-0.05, 0) is 18.4 Å². The molecular formula is C16H22ClN3S. The zero-order chi connectivity index (χ0) is 15.4. The molecule has 21 heavy (non-hydrogen) atoms. The number of hydrogen-bond donors (Lipinski definition) is 0. The van der Waals surface area contributed by atoms with Crippen molar-refractivity contribution in [3.8, 4) is 0 Å². The molecule has 0 aliphatic heterocycles. The van der Waals surface area contributed by atoms with E-state index in [4.69, 9.17) is 11.6 Å². The molecule has 1 atom stereocenters. The van der Waals surface area contributed by atoms with Gasteiger partial charge in [0.1, 0.15) is 5.82 Å². The summed E-state index contributed by atoms with van der Waals surface area (Å²) in [6, 6.07) is 4.65. The van der Waals surface area contributed by atoms with Gasteiger partial charge in [0.2, 0.25) is 0 Å². The van der Waals surface area contributed by atoms with Gasteiger partial charge in [0, 0.05) is 30.3 Å². The van der Waals surface area contributed by atoms with Crippen LogP contribution in [-0.4, -0.2) is 23.1 Å². The largest absolute Gasteiger partial charge is 0.369 e. The number of aromatic nitrogens is 2. The Hall–Kier alpha value is -1.13. The summed E-state index contributed by atoms with van der Waals surface area (Å²) in [6.45, 7) is 6.40. The van der Waals surface area contributed by atoms with Gasteiger partial charge < -0.3 is 4.90 Å². The van der Waals surface area contributed by atoms with Crippen molar-refractivity contribution < 1.29 is 0 Å². The van der Waals surface area contributed by atoms with Gasteiger partial charge in [-0.1, -0.05) is 19.9 Å². The Balaban J connectivity index is 2.19. The van der Waals surface area contributed by atoms with Crippen LogP contribution in [0.2, 0.25) is 0 Å². The van der Waals surface area contributed by atoms with Gasteiger partial charge in [-0.2, -0.15) is 0 Å². The van der Waals surface area contributed by atoms with Gasteiger partial charge in [0.05, 0.1) is 23.5 Å². The van der Waals surface area contributed by atoms with Gasteiger partial charge in [-0.3, -0.25) is 0 Å². The minimum absolute atomic E-state index is 0.315. The van der Waals surface area contributed by atoms with E-state index in [0.717, 1.165) is 23.6 Å². The fraction of sp³-hybridized carbons (Fsp3) is 0.500. The standard InChI is InChI=1S/C16H22ClN3S/c1-11(2)16-18-10-15(14(9-17)19-16)20(4)12(3)8-13-6-5-7-21-13/h5-7,10-12H,8-9H2,1-4H3. The zero-order valence-corrected chi connectivity index (χ0v) is 14.6. The van der Waals surface area contributed by atoms with E-state index in [1.807, 2.05) is 6.20 Å². The van der Waals surface area contributed by atoms with Crippen LogP contribution < -0.4 is 4.90 Å². The molecule has 0 radical (unpaired) electrons. The third kappa shape index (κ3) is 3.95. The van der Waals surface area contributed by atoms with Gasteiger partial charge >= 0.3 is 0 Å². The molecule has 0 N–H and O–H groups in total. The maximum atomic E-state index is 6.09. The summed E-state index contributed by atoms with van der Waals surface area (Å²) in [4.78, 5) is 12.7. The van der Waals surface area contributed by atoms with Crippen LogP contribution in [0.1, 0.15) is 43.1 Å². The first-order valence-corrected chi connectivity index (χ1v) is 8.61. The molecule has 0 aromatic carbocycles. The van der Waals surface area contributed by atoms with Crippen LogP contribution in [0.5, 0.6) is 0 Å². The second-order valence-electron chi connectivity index (χ2n) is 5.59. The van der Waals surface area contributed by atoms with Crippen molar-refractivity contribution in [1.29, 1.82) is 0 Å². The van der Waals surface area contributed by atoms with E-state index in [1.54, 1.807) is 11.3 Å². The average molecular weight is 324 g/mol. The molecule has 0 aliphatic carbocycles. The number of rotatable bonds is 6. The van der Waals surface area contributed by atoms with Crippen molar-refractivity contribution in [2.24, 2.45) is 0 Å². The van der Waals surface area contributed by atoms with Crippen LogP contribution in [0.3, 0.4) is 0 Å². The SMILES string of the molecule is CC(C)c1ncc(N(C)C(C)Cc2cccs2)c(CCl)n1. The average Bonchev–Trinajstić information content (AvgIpc) is 2.98. The summed E-state index contributed by atoms with van der Waals surface area (Å²) >= 11 is 7.88. The molecule has 0 saturated carbocycles. The molecule has 0 fully saturated rings. The lowest BCUT2D eigenvalue weighted by Gasteiger charge is -2.28. The minimum Gasteiger partial charge on any atom is -0.369 e. The molecule has 3 nitrogen and oxygen atoms in total. The monoisotopic (exact) mass is 323 g/mol. The van der Waals surface area contributed by atoms with Crippen molar-refractivity contribution in [2.45, 2.75) is 45.0 Å². The van der Waals surface area contributed by atoms with Gasteiger partial charge in [0.15, 0.2) is 0 Å². The number of anilines is 1. The maximum Gasteiger partial charge on any atom is 0.131 e. The van der Waals surface area contributed by atoms with Gasteiger partial charge in [-0.15, -0.1) is 22.9 Å².